The summed E-state index contributed by atoms with van der Waals surface area (Å²) in [6.45, 7) is 0. The number of hydrogen-bond acceptors (Lipinski definition) is 1. The van der Waals surface area contributed by atoms with Gasteiger partial charge in [0.15, 0.2) is 0 Å². The van der Waals surface area contributed by atoms with Crippen LogP contribution in [0.2, 0.25) is 0 Å². The molecule has 0 spiro atoms. The molecule has 10 aromatic carbocycles. The van der Waals surface area contributed by atoms with Gasteiger partial charge in [-0.05, 0) is 115 Å². The fraction of sp³-hybridized carbons (Fsp3) is 0. The number of para-hydroxylation sites is 2. The molecule has 0 atom stereocenters. The van der Waals surface area contributed by atoms with Gasteiger partial charge < -0.3 is 9.47 Å². The smallest absolute Gasteiger partial charge is 0.0547 e. The molecule has 1 aromatic heterocycles. The largest absolute Gasteiger partial charge is 0.310 e. The number of benzene rings is 10. The summed E-state index contributed by atoms with van der Waals surface area (Å²) in [7, 11) is 0. The van der Waals surface area contributed by atoms with Gasteiger partial charge in [-0.1, -0.05) is 164 Å². The highest BCUT2D eigenvalue weighted by Gasteiger charge is 2.24. The third-order valence-electron chi connectivity index (χ3n) is 12.1. The molecule has 270 valence electrons. The van der Waals surface area contributed by atoms with Crippen molar-refractivity contribution in [1.29, 1.82) is 0 Å². The highest BCUT2D eigenvalue weighted by Crippen LogP contribution is 2.50. The number of aromatic nitrogens is 1. The molecular formula is C56H36N2. The Kier molecular flexibility index (Phi) is 7.26. The third-order valence-corrected chi connectivity index (χ3v) is 12.1. The fourth-order valence-electron chi connectivity index (χ4n) is 9.53. The van der Waals surface area contributed by atoms with E-state index in [1.165, 1.54) is 82.3 Å². The maximum absolute atomic E-state index is 2.49. The summed E-state index contributed by atoms with van der Waals surface area (Å²) >= 11 is 0. The van der Waals surface area contributed by atoms with Gasteiger partial charge in [0, 0.05) is 33.4 Å². The van der Waals surface area contributed by atoms with Crippen molar-refractivity contribution in [1.82, 2.24) is 4.57 Å². The molecular weight excluding hydrogens is 701 g/mol. The third kappa shape index (κ3) is 4.99. The molecule has 0 aliphatic heterocycles. The molecule has 12 rings (SSSR count). The molecule has 1 aliphatic carbocycles. The van der Waals surface area contributed by atoms with E-state index in [1.54, 1.807) is 0 Å². The van der Waals surface area contributed by atoms with Crippen LogP contribution in [0.25, 0.3) is 93.5 Å². The fourth-order valence-corrected chi connectivity index (χ4v) is 9.53. The minimum absolute atomic E-state index is 1.10. The van der Waals surface area contributed by atoms with Gasteiger partial charge in [0.25, 0.3) is 0 Å². The van der Waals surface area contributed by atoms with E-state index < -0.39 is 0 Å². The van der Waals surface area contributed by atoms with Crippen LogP contribution < -0.4 is 4.90 Å². The topological polar surface area (TPSA) is 8.17 Å². The van der Waals surface area contributed by atoms with Gasteiger partial charge in [0.2, 0.25) is 0 Å². The summed E-state index contributed by atoms with van der Waals surface area (Å²) in [5.41, 5.74) is 16.8. The van der Waals surface area contributed by atoms with Gasteiger partial charge >= 0.3 is 0 Å². The van der Waals surface area contributed by atoms with E-state index in [0.29, 0.717) is 0 Å². The predicted molar refractivity (Wildman–Crippen MR) is 246 cm³/mol. The molecule has 0 saturated carbocycles. The quantitative estimate of drug-likeness (QED) is 0.165. The second-order valence-corrected chi connectivity index (χ2v) is 15.3. The van der Waals surface area contributed by atoms with Crippen molar-refractivity contribution < 1.29 is 0 Å². The van der Waals surface area contributed by atoms with Crippen molar-refractivity contribution in [3.05, 3.63) is 218 Å². The lowest BCUT2D eigenvalue weighted by Gasteiger charge is -2.27. The summed E-state index contributed by atoms with van der Waals surface area (Å²) in [4.78, 5) is 2.40. The Balaban J connectivity index is 1.08. The predicted octanol–water partition coefficient (Wildman–Crippen LogP) is 15.5. The Morgan fingerprint density at radius 3 is 1.78 bits per heavy atom. The zero-order valence-electron chi connectivity index (χ0n) is 31.7. The Labute approximate surface area is 337 Å². The zero-order chi connectivity index (χ0) is 38.2. The van der Waals surface area contributed by atoms with Crippen LogP contribution in [0.4, 0.5) is 17.1 Å². The Bertz CT molecular complexity index is 3390. The van der Waals surface area contributed by atoms with Crippen LogP contribution in [0.1, 0.15) is 0 Å². The van der Waals surface area contributed by atoms with Crippen LogP contribution in [-0.4, -0.2) is 4.57 Å². The van der Waals surface area contributed by atoms with Crippen LogP contribution in [0.3, 0.4) is 0 Å². The second-order valence-electron chi connectivity index (χ2n) is 15.3. The first-order valence-corrected chi connectivity index (χ1v) is 20.0. The van der Waals surface area contributed by atoms with Crippen LogP contribution >= 0.6 is 0 Å². The van der Waals surface area contributed by atoms with Crippen molar-refractivity contribution in [2.45, 2.75) is 0 Å². The number of anilines is 3. The van der Waals surface area contributed by atoms with Gasteiger partial charge in [-0.25, -0.2) is 0 Å². The van der Waals surface area contributed by atoms with Crippen molar-refractivity contribution in [3.8, 4) is 50.2 Å². The highest BCUT2D eigenvalue weighted by molar-refractivity contribution is 6.21. The molecule has 0 saturated heterocycles. The Morgan fingerprint density at radius 2 is 0.931 bits per heavy atom. The van der Waals surface area contributed by atoms with Crippen LogP contribution in [-0.2, 0) is 0 Å². The Morgan fingerprint density at radius 1 is 0.293 bits per heavy atom. The summed E-state index contributed by atoms with van der Waals surface area (Å²) in [6, 6.07) is 80.0. The molecule has 0 N–H and O–H groups in total. The van der Waals surface area contributed by atoms with Crippen LogP contribution in [0, 0.1) is 0 Å². The maximum Gasteiger partial charge on any atom is 0.0547 e. The molecule has 0 bridgehead atoms. The van der Waals surface area contributed by atoms with Gasteiger partial charge in [-0.2, -0.15) is 0 Å². The first-order chi connectivity index (χ1) is 28.8. The van der Waals surface area contributed by atoms with Crippen molar-refractivity contribution in [3.63, 3.8) is 0 Å². The average molecular weight is 737 g/mol. The number of fused-ring (bicyclic) bond motifs is 8. The molecule has 0 fully saturated rings. The maximum atomic E-state index is 2.49. The Hall–Kier alpha value is -7.68. The first kappa shape index (κ1) is 32.6. The summed E-state index contributed by atoms with van der Waals surface area (Å²) in [5.74, 6) is 0. The summed E-state index contributed by atoms with van der Waals surface area (Å²) in [6.07, 6.45) is 0. The highest BCUT2D eigenvalue weighted by atomic mass is 15.1. The SMILES string of the molecule is c1ccc(-c2ccc(-c3cccc(N(c4ccccc4)c4ccc5c(c4)-c4cccc6cccc-5c46)c3)c(-n3c4ccccc4c4c5ccccc5ccc43)c2)cc1. The normalized spacial score (nSPS) is 11.8. The molecule has 58 heavy (non-hydrogen) atoms. The summed E-state index contributed by atoms with van der Waals surface area (Å²) in [5, 5.41) is 7.68. The number of nitrogens with zero attached hydrogens (tertiary/aromatic N) is 2. The number of rotatable bonds is 6. The first-order valence-electron chi connectivity index (χ1n) is 20.0. The minimum atomic E-state index is 1.10. The molecule has 1 heterocycles. The average Bonchev–Trinajstić information content (AvgIpc) is 3.81. The van der Waals surface area contributed by atoms with Crippen LogP contribution in [0.5, 0.6) is 0 Å². The summed E-state index contributed by atoms with van der Waals surface area (Å²) < 4.78 is 2.49. The van der Waals surface area contributed by atoms with Gasteiger partial charge in [0.1, 0.15) is 0 Å². The van der Waals surface area contributed by atoms with E-state index in [-0.39, 0.29) is 0 Å². The van der Waals surface area contributed by atoms with E-state index in [9.17, 15) is 0 Å². The molecule has 0 radical (unpaired) electrons. The van der Waals surface area contributed by atoms with Crippen molar-refractivity contribution >= 4 is 60.4 Å². The number of hydrogen-bond donors (Lipinski definition) is 0. The van der Waals surface area contributed by atoms with Gasteiger partial charge in [-0.15, -0.1) is 0 Å². The van der Waals surface area contributed by atoms with E-state index in [0.717, 1.165) is 28.3 Å². The van der Waals surface area contributed by atoms with E-state index in [2.05, 4.69) is 228 Å². The molecule has 0 amide bonds. The lowest BCUT2D eigenvalue weighted by Crippen LogP contribution is -2.10. The molecule has 0 unspecified atom stereocenters. The molecule has 2 nitrogen and oxygen atoms in total. The van der Waals surface area contributed by atoms with E-state index in [4.69, 9.17) is 0 Å². The van der Waals surface area contributed by atoms with Crippen molar-refractivity contribution in [2.75, 3.05) is 4.90 Å². The van der Waals surface area contributed by atoms with Crippen molar-refractivity contribution in [2.24, 2.45) is 0 Å². The molecule has 2 heteroatoms. The monoisotopic (exact) mass is 736 g/mol. The van der Waals surface area contributed by atoms with Gasteiger partial charge in [0.05, 0.1) is 16.7 Å². The van der Waals surface area contributed by atoms with E-state index >= 15 is 0 Å². The van der Waals surface area contributed by atoms with Gasteiger partial charge in [-0.3, -0.25) is 0 Å². The van der Waals surface area contributed by atoms with Crippen LogP contribution in [0.15, 0.2) is 218 Å². The lowest BCUT2D eigenvalue weighted by molar-refractivity contribution is 1.18. The molecule has 11 aromatic rings. The molecule has 1 aliphatic rings. The second kappa shape index (κ2) is 12.9. The zero-order valence-corrected chi connectivity index (χ0v) is 31.7. The minimum Gasteiger partial charge on any atom is -0.310 e. The standard InChI is InChI=1S/C56H36N2/c1-3-14-37(15-4-1)40-28-31-45(54(35-40)58-52-27-10-9-24-50(52)56-46-23-8-7-16-38(46)29-33-53(56)58)41-19-11-22-43(34-41)57(42-20-5-2-6-21-42)44-30-32-47-48-25-12-17-39-18-13-26-49(55(39)48)51(47)36-44/h1-36H. The van der Waals surface area contributed by atoms with E-state index in [1.807, 2.05) is 0 Å². The lowest BCUT2D eigenvalue weighted by atomic mass is 9.97.